The minimum atomic E-state index is -1.02. The fourth-order valence-electron chi connectivity index (χ4n) is 1.17. The first kappa shape index (κ1) is 15.7. The maximum absolute atomic E-state index is 11.9. The predicted octanol–water partition coefficient (Wildman–Crippen LogP) is 1.93. The number of carboxylic acid groups (broad SMARTS) is 1. The van der Waals surface area contributed by atoms with Crippen molar-refractivity contribution in [1.29, 1.82) is 0 Å². The van der Waals surface area contributed by atoms with Gasteiger partial charge in [0.25, 0.3) is 0 Å². The van der Waals surface area contributed by atoms with Crippen LogP contribution in [0.2, 0.25) is 0 Å². The number of hydrogen-bond donors (Lipinski definition) is 2. The van der Waals surface area contributed by atoms with Crippen molar-refractivity contribution in [2.75, 3.05) is 7.05 Å². The van der Waals surface area contributed by atoms with Gasteiger partial charge >= 0.3 is 12.0 Å². The Morgan fingerprint density at radius 3 is 1.76 bits per heavy atom. The molecule has 0 saturated carbocycles. The number of rotatable bonds is 2. The van der Waals surface area contributed by atoms with Crippen molar-refractivity contribution >= 4 is 12.0 Å². The third-order valence-electron chi connectivity index (χ3n) is 2.69. The van der Waals surface area contributed by atoms with Crippen molar-refractivity contribution < 1.29 is 14.7 Å². The molecule has 0 fully saturated rings. The third-order valence-corrected chi connectivity index (χ3v) is 2.69. The van der Waals surface area contributed by atoms with Crippen LogP contribution >= 0.6 is 0 Å². The summed E-state index contributed by atoms with van der Waals surface area (Å²) in [6.07, 6.45) is 0. The van der Waals surface area contributed by atoms with Crippen molar-refractivity contribution in [2.45, 2.75) is 53.1 Å². The van der Waals surface area contributed by atoms with Crippen LogP contribution < -0.4 is 5.32 Å². The quantitative estimate of drug-likeness (QED) is 0.779. The second-order valence-corrected chi connectivity index (χ2v) is 6.32. The summed E-state index contributed by atoms with van der Waals surface area (Å²) in [7, 11) is 1.65. The molecule has 0 aliphatic rings. The van der Waals surface area contributed by atoms with Gasteiger partial charge in [-0.1, -0.05) is 20.8 Å². The van der Waals surface area contributed by atoms with Crippen LogP contribution in [0, 0.1) is 5.41 Å². The summed E-state index contributed by atoms with van der Waals surface area (Å²) >= 11 is 0. The maximum Gasteiger partial charge on any atom is 0.326 e. The average Bonchev–Trinajstić information content (AvgIpc) is 2.08. The summed E-state index contributed by atoms with van der Waals surface area (Å²) in [4.78, 5) is 24.5. The Balaban J connectivity index is 4.82. The topological polar surface area (TPSA) is 69.6 Å². The molecular formula is C12H24N2O3. The number of aliphatic carboxylic acids is 1. The zero-order chi connectivity index (χ0) is 14.0. The van der Waals surface area contributed by atoms with Gasteiger partial charge in [0.2, 0.25) is 0 Å². The van der Waals surface area contributed by atoms with Gasteiger partial charge in [-0.15, -0.1) is 0 Å². The van der Waals surface area contributed by atoms with Gasteiger partial charge in [0, 0.05) is 12.6 Å². The summed E-state index contributed by atoms with van der Waals surface area (Å²) in [5.74, 6) is -1.02. The fraction of sp³-hybridized carbons (Fsp3) is 0.833. The molecule has 5 nitrogen and oxygen atoms in total. The smallest absolute Gasteiger partial charge is 0.326 e. The summed E-state index contributed by atoms with van der Waals surface area (Å²) in [6.45, 7) is 11.0. The molecule has 2 amide bonds. The molecule has 0 aromatic heterocycles. The van der Waals surface area contributed by atoms with E-state index in [1.165, 1.54) is 4.90 Å². The zero-order valence-corrected chi connectivity index (χ0v) is 11.8. The van der Waals surface area contributed by atoms with Gasteiger partial charge in [-0.3, -0.25) is 0 Å². The standard InChI is InChI=1S/C12H24N2O3/c1-11(2,3)8(9(15)16)13-10(17)14(7)12(4,5)6/h8H,1-7H3,(H,13,17)(H,15,16). The summed E-state index contributed by atoms with van der Waals surface area (Å²) in [5, 5.41) is 11.7. The van der Waals surface area contributed by atoms with Crippen LogP contribution in [0.15, 0.2) is 0 Å². The largest absolute Gasteiger partial charge is 0.480 e. The van der Waals surface area contributed by atoms with E-state index in [0.717, 1.165) is 0 Å². The van der Waals surface area contributed by atoms with Crippen molar-refractivity contribution in [3.63, 3.8) is 0 Å². The minimum absolute atomic E-state index is 0.342. The maximum atomic E-state index is 11.9. The molecule has 0 aromatic carbocycles. The number of carbonyl (C=O) groups excluding carboxylic acids is 1. The van der Waals surface area contributed by atoms with Crippen molar-refractivity contribution in [3.05, 3.63) is 0 Å². The predicted molar refractivity (Wildman–Crippen MR) is 66.9 cm³/mol. The highest BCUT2D eigenvalue weighted by atomic mass is 16.4. The Hall–Kier alpha value is -1.26. The Bertz CT molecular complexity index is 300. The van der Waals surface area contributed by atoms with E-state index in [2.05, 4.69) is 5.32 Å². The molecule has 17 heavy (non-hydrogen) atoms. The van der Waals surface area contributed by atoms with Crippen LogP contribution in [-0.4, -0.2) is 40.6 Å². The average molecular weight is 244 g/mol. The normalized spacial score (nSPS) is 14.1. The molecule has 0 heterocycles. The Morgan fingerprint density at radius 2 is 1.53 bits per heavy atom. The van der Waals surface area contributed by atoms with Crippen LogP contribution in [0.4, 0.5) is 4.79 Å². The minimum Gasteiger partial charge on any atom is -0.480 e. The molecule has 5 heteroatoms. The van der Waals surface area contributed by atoms with E-state index in [1.807, 2.05) is 20.8 Å². The number of carboxylic acids is 1. The second kappa shape index (κ2) is 4.94. The number of amides is 2. The SMILES string of the molecule is CN(C(=O)NC(C(=O)O)C(C)(C)C)C(C)(C)C. The van der Waals surface area contributed by atoms with E-state index in [0.29, 0.717) is 0 Å². The van der Waals surface area contributed by atoms with Crippen LogP contribution in [0.3, 0.4) is 0 Å². The first-order chi connectivity index (χ1) is 7.37. The molecule has 0 rings (SSSR count). The summed E-state index contributed by atoms with van der Waals surface area (Å²) in [5.41, 5.74) is -0.870. The molecule has 1 unspecified atom stereocenters. The lowest BCUT2D eigenvalue weighted by Crippen LogP contribution is -2.56. The van der Waals surface area contributed by atoms with Gasteiger partial charge in [-0.2, -0.15) is 0 Å². The molecular weight excluding hydrogens is 220 g/mol. The van der Waals surface area contributed by atoms with E-state index in [-0.39, 0.29) is 11.6 Å². The molecule has 0 aliphatic heterocycles. The zero-order valence-electron chi connectivity index (χ0n) is 11.8. The van der Waals surface area contributed by atoms with E-state index < -0.39 is 17.4 Å². The Morgan fingerprint density at radius 1 is 1.12 bits per heavy atom. The summed E-state index contributed by atoms with van der Waals surface area (Å²) < 4.78 is 0. The third kappa shape index (κ3) is 4.63. The Labute approximate surface area is 103 Å². The van der Waals surface area contributed by atoms with E-state index in [1.54, 1.807) is 27.8 Å². The highest BCUT2D eigenvalue weighted by molar-refractivity contribution is 5.83. The van der Waals surface area contributed by atoms with Crippen molar-refractivity contribution in [1.82, 2.24) is 10.2 Å². The lowest BCUT2D eigenvalue weighted by atomic mass is 9.87. The highest BCUT2D eigenvalue weighted by Gasteiger charge is 2.34. The molecule has 0 spiro atoms. The number of nitrogens with one attached hydrogen (secondary N) is 1. The van der Waals surface area contributed by atoms with Crippen molar-refractivity contribution in [2.24, 2.45) is 5.41 Å². The second-order valence-electron chi connectivity index (χ2n) is 6.32. The van der Waals surface area contributed by atoms with Gasteiger partial charge in [-0.25, -0.2) is 9.59 Å². The van der Waals surface area contributed by atoms with Crippen molar-refractivity contribution in [3.8, 4) is 0 Å². The van der Waals surface area contributed by atoms with E-state index in [4.69, 9.17) is 5.11 Å². The highest BCUT2D eigenvalue weighted by Crippen LogP contribution is 2.20. The number of hydrogen-bond acceptors (Lipinski definition) is 2. The van der Waals surface area contributed by atoms with Gasteiger partial charge < -0.3 is 15.3 Å². The molecule has 1 atom stereocenters. The van der Waals surface area contributed by atoms with E-state index in [9.17, 15) is 9.59 Å². The number of urea groups is 1. The molecule has 0 bridgehead atoms. The van der Waals surface area contributed by atoms with Crippen LogP contribution in [-0.2, 0) is 4.79 Å². The number of carbonyl (C=O) groups is 2. The fourth-order valence-corrected chi connectivity index (χ4v) is 1.17. The lowest BCUT2D eigenvalue weighted by Gasteiger charge is -2.35. The molecule has 100 valence electrons. The van der Waals surface area contributed by atoms with Crippen LogP contribution in [0.25, 0.3) is 0 Å². The number of nitrogens with zero attached hydrogens (tertiary/aromatic N) is 1. The molecule has 0 saturated heterocycles. The monoisotopic (exact) mass is 244 g/mol. The molecule has 2 N–H and O–H groups in total. The molecule has 0 aliphatic carbocycles. The van der Waals surface area contributed by atoms with Gasteiger partial charge in [0.1, 0.15) is 6.04 Å². The van der Waals surface area contributed by atoms with Crippen LogP contribution in [0.5, 0.6) is 0 Å². The van der Waals surface area contributed by atoms with E-state index >= 15 is 0 Å². The van der Waals surface area contributed by atoms with Gasteiger partial charge in [-0.05, 0) is 26.2 Å². The van der Waals surface area contributed by atoms with Gasteiger partial charge in [0.05, 0.1) is 0 Å². The Kier molecular flexibility index (Phi) is 4.57. The van der Waals surface area contributed by atoms with Gasteiger partial charge in [0.15, 0.2) is 0 Å². The van der Waals surface area contributed by atoms with Crippen LogP contribution in [0.1, 0.15) is 41.5 Å². The summed E-state index contributed by atoms with van der Waals surface area (Å²) in [6, 6.07) is -1.28. The lowest BCUT2D eigenvalue weighted by molar-refractivity contribution is -0.142. The first-order valence-electron chi connectivity index (χ1n) is 5.64. The molecule has 0 aromatic rings. The first-order valence-corrected chi connectivity index (χ1v) is 5.64. The molecule has 0 radical (unpaired) electrons.